The maximum absolute atomic E-state index is 13.2. The van der Waals surface area contributed by atoms with E-state index in [9.17, 15) is 9.59 Å². The van der Waals surface area contributed by atoms with Crippen LogP contribution in [0.5, 0.6) is 0 Å². The highest BCUT2D eigenvalue weighted by Gasteiger charge is 2.34. The molecule has 0 saturated carbocycles. The molecular formula is C21H21N5O2. The number of para-hydroxylation sites is 1. The van der Waals surface area contributed by atoms with Gasteiger partial charge in [0.15, 0.2) is 0 Å². The van der Waals surface area contributed by atoms with Crippen LogP contribution in [0.2, 0.25) is 0 Å². The maximum atomic E-state index is 13.2. The van der Waals surface area contributed by atoms with E-state index in [1.165, 1.54) is 10.0 Å². The standard InChI is InChI=1S/C21H21N5O2/c1-15-18(10-6-11-22-15)20(27)24-12-7-13-25(24)21(28)19-14-23-26(16(19)2)17-8-4-3-5-9-17/h3-6,8-11,14H,7,12-13H2,1-2H3. The molecule has 1 aliphatic heterocycles. The lowest BCUT2D eigenvalue weighted by molar-refractivity contribution is 0.0184. The minimum absolute atomic E-state index is 0.204. The third kappa shape index (κ3) is 3.05. The molecule has 3 heterocycles. The Hall–Kier alpha value is -3.48. The highest BCUT2D eigenvalue weighted by molar-refractivity contribution is 6.00. The second kappa shape index (κ2) is 7.26. The summed E-state index contributed by atoms with van der Waals surface area (Å²) in [6, 6.07) is 13.1. The topological polar surface area (TPSA) is 71.3 Å². The molecule has 1 aromatic carbocycles. The van der Waals surface area contributed by atoms with E-state index < -0.39 is 0 Å². The Morgan fingerprint density at radius 3 is 2.25 bits per heavy atom. The molecule has 0 aliphatic carbocycles. The molecule has 7 heteroatoms. The predicted molar refractivity (Wildman–Crippen MR) is 104 cm³/mol. The molecule has 142 valence electrons. The molecule has 2 amide bonds. The van der Waals surface area contributed by atoms with Crippen molar-refractivity contribution in [1.82, 2.24) is 24.8 Å². The average molecular weight is 375 g/mol. The number of aromatic nitrogens is 3. The fourth-order valence-electron chi connectivity index (χ4n) is 3.47. The fraction of sp³-hybridized carbons (Fsp3) is 0.238. The Kier molecular flexibility index (Phi) is 4.65. The van der Waals surface area contributed by atoms with E-state index in [0.29, 0.717) is 29.9 Å². The lowest BCUT2D eigenvalue weighted by atomic mass is 10.2. The number of aryl methyl sites for hydroxylation is 1. The number of amides is 2. The van der Waals surface area contributed by atoms with Crippen molar-refractivity contribution in [2.45, 2.75) is 20.3 Å². The molecule has 1 fully saturated rings. The molecule has 4 rings (SSSR count). The predicted octanol–water partition coefficient (Wildman–Crippen LogP) is 2.79. The maximum Gasteiger partial charge on any atom is 0.275 e. The first-order valence-corrected chi connectivity index (χ1v) is 9.23. The van der Waals surface area contributed by atoms with Gasteiger partial charge in [-0.3, -0.25) is 14.6 Å². The van der Waals surface area contributed by atoms with Gasteiger partial charge in [-0.25, -0.2) is 14.7 Å². The van der Waals surface area contributed by atoms with Crippen molar-refractivity contribution in [2.75, 3.05) is 13.1 Å². The quantitative estimate of drug-likeness (QED) is 0.706. The van der Waals surface area contributed by atoms with Gasteiger partial charge in [0.1, 0.15) is 0 Å². The molecule has 0 radical (unpaired) electrons. The van der Waals surface area contributed by atoms with Gasteiger partial charge in [0.2, 0.25) is 0 Å². The number of hydrogen-bond donors (Lipinski definition) is 0. The van der Waals surface area contributed by atoms with Gasteiger partial charge >= 0.3 is 0 Å². The van der Waals surface area contributed by atoms with Gasteiger partial charge in [0.05, 0.1) is 34.4 Å². The molecule has 0 N–H and O–H groups in total. The van der Waals surface area contributed by atoms with Crippen LogP contribution in [0.15, 0.2) is 54.9 Å². The molecule has 1 saturated heterocycles. The van der Waals surface area contributed by atoms with E-state index in [0.717, 1.165) is 17.8 Å². The number of hydrogen-bond acceptors (Lipinski definition) is 4. The Labute approximate surface area is 163 Å². The average Bonchev–Trinajstić information content (AvgIpc) is 3.35. The van der Waals surface area contributed by atoms with Crippen LogP contribution in [-0.2, 0) is 0 Å². The highest BCUT2D eigenvalue weighted by atomic mass is 16.2. The van der Waals surface area contributed by atoms with Gasteiger partial charge in [-0.05, 0) is 44.5 Å². The zero-order valence-corrected chi connectivity index (χ0v) is 15.9. The van der Waals surface area contributed by atoms with E-state index >= 15 is 0 Å². The first-order valence-electron chi connectivity index (χ1n) is 9.23. The van der Waals surface area contributed by atoms with E-state index in [-0.39, 0.29) is 11.8 Å². The molecule has 0 bridgehead atoms. The largest absolute Gasteiger partial charge is 0.275 e. The summed E-state index contributed by atoms with van der Waals surface area (Å²) in [6.45, 7) is 4.66. The zero-order valence-electron chi connectivity index (χ0n) is 15.9. The second-order valence-corrected chi connectivity index (χ2v) is 6.74. The SMILES string of the molecule is Cc1ncccc1C(=O)N1CCCN1C(=O)c1cnn(-c2ccccc2)c1C. The van der Waals surface area contributed by atoms with Crippen LogP contribution >= 0.6 is 0 Å². The Bertz CT molecular complexity index is 1030. The first kappa shape index (κ1) is 17.9. The number of benzene rings is 1. The van der Waals surface area contributed by atoms with Gasteiger partial charge in [-0.2, -0.15) is 5.10 Å². The molecular weight excluding hydrogens is 354 g/mol. The molecule has 1 aliphatic rings. The van der Waals surface area contributed by atoms with E-state index in [1.807, 2.05) is 37.3 Å². The molecule has 0 spiro atoms. The Balaban J connectivity index is 1.62. The van der Waals surface area contributed by atoms with Gasteiger partial charge in [0, 0.05) is 19.3 Å². The van der Waals surface area contributed by atoms with E-state index in [4.69, 9.17) is 0 Å². The molecule has 3 aromatic rings. The third-order valence-electron chi connectivity index (χ3n) is 4.98. The van der Waals surface area contributed by atoms with Crippen molar-refractivity contribution >= 4 is 11.8 Å². The van der Waals surface area contributed by atoms with E-state index in [2.05, 4.69) is 10.1 Å². The zero-order chi connectivity index (χ0) is 19.7. The lowest BCUT2D eigenvalue weighted by Crippen LogP contribution is -2.45. The number of hydrazine groups is 1. The normalized spacial score (nSPS) is 13.8. The number of pyridine rings is 1. The summed E-state index contributed by atoms with van der Waals surface area (Å²) in [5.41, 5.74) is 3.29. The summed E-state index contributed by atoms with van der Waals surface area (Å²) in [6.07, 6.45) is 3.96. The Morgan fingerprint density at radius 2 is 1.57 bits per heavy atom. The third-order valence-corrected chi connectivity index (χ3v) is 4.98. The van der Waals surface area contributed by atoms with Crippen molar-refractivity contribution < 1.29 is 9.59 Å². The smallest absolute Gasteiger partial charge is 0.267 e. The molecule has 0 unspecified atom stereocenters. The summed E-state index contributed by atoms with van der Waals surface area (Å²) in [5, 5.41) is 7.42. The van der Waals surface area contributed by atoms with Gasteiger partial charge in [-0.15, -0.1) is 0 Å². The van der Waals surface area contributed by atoms with Crippen LogP contribution in [0, 0.1) is 13.8 Å². The number of rotatable bonds is 3. The summed E-state index contributed by atoms with van der Waals surface area (Å²) in [7, 11) is 0. The minimum Gasteiger partial charge on any atom is -0.267 e. The van der Waals surface area contributed by atoms with Gasteiger partial charge < -0.3 is 0 Å². The summed E-state index contributed by atoms with van der Waals surface area (Å²) >= 11 is 0. The number of carbonyl (C=O) groups excluding carboxylic acids is 2. The van der Waals surface area contributed by atoms with Gasteiger partial charge in [-0.1, -0.05) is 18.2 Å². The van der Waals surface area contributed by atoms with Gasteiger partial charge in [0.25, 0.3) is 11.8 Å². The fourth-order valence-corrected chi connectivity index (χ4v) is 3.47. The highest BCUT2D eigenvalue weighted by Crippen LogP contribution is 2.21. The monoisotopic (exact) mass is 375 g/mol. The molecule has 0 atom stereocenters. The van der Waals surface area contributed by atoms with Crippen LogP contribution in [-0.4, -0.2) is 49.7 Å². The lowest BCUT2D eigenvalue weighted by Gasteiger charge is -2.28. The second-order valence-electron chi connectivity index (χ2n) is 6.74. The number of carbonyl (C=O) groups is 2. The van der Waals surface area contributed by atoms with Crippen molar-refractivity contribution in [1.29, 1.82) is 0 Å². The summed E-state index contributed by atoms with van der Waals surface area (Å²) in [5.74, 6) is -0.420. The minimum atomic E-state index is -0.216. The van der Waals surface area contributed by atoms with Crippen molar-refractivity contribution in [3.63, 3.8) is 0 Å². The summed E-state index contributed by atoms with van der Waals surface area (Å²) < 4.78 is 1.74. The molecule has 2 aromatic heterocycles. The first-order chi connectivity index (χ1) is 13.6. The molecule has 28 heavy (non-hydrogen) atoms. The van der Waals surface area contributed by atoms with Crippen molar-refractivity contribution in [3.05, 3.63) is 77.4 Å². The van der Waals surface area contributed by atoms with Crippen LogP contribution in [0.4, 0.5) is 0 Å². The summed E-state index contributed by atoms with van der Waals surface area (Å²) in [4.78, 5) is 30.4. The van der Waals surface area contributed by atoms with E-state index in [1.54, 1.807) is 36.1 Å². The van der Waals surface area contributed by atoms with Crippen LogP contribution in [0.25, 0.3) is 5.69 Å². The van der Waals surface area contributed by atoms with Crippen molar-refractivity contribution in [2.24, 2.45) is 0 Å². The Morgan fingerprint density at radius 1 is 0.893 bits per heavy atom. The van der Waals surface area contributed by atoms with Crippen LogP contribution in [0.1, 0.15) is 38.5 Å². The van der Waals surface area contributed by atoms with Crippen molar-refractivity contribution in [3.8, 4) is 5.69 Å². The van der Waals surface area contributed by atoms with Crippen LogP contribution in [0.3, 0.4) is 0 Å². The van der Waals surface area contributed by atoms with Crippen LogP contribution < -0.4 is 0 Å². The molecule has 7 nitrogen and oxygen atoms in total. The number of nitrogens with zero attached hydrogens (tertiary/aromatic N) is 5.